The molecule has 0 spiro atoms. The van der Waals surface area contributed by atoms with Crippen molar-refractivity contribution in [3.63, 3.8) is 0 Å². The van der Waals surface area contributed by atoms with Crippen LogP contribution < -0.4 is 5.43 Å². The number of benzene rings is 4. The molecule has 0 aliphatic carbocycles. The van der Waals surface area contributed by atoms with E-state index in [-0.39, 0.29) is 11.7 Å². The second kappa shape index (κ2) is 10.5. The van der Waals surface area contributed by atoms with E-state index < -0.39 is 0 Å². The van der Waals surface area contributed by atoms with Gasteiger partial charge < -0.3 is 0 Å². The molecule has 0 atom stereocenters. The van der Waals surface area contributed by atoms with Crippen molar-refractivity contribution < 1.29 is 4.79 Å². The molecule has 1 amide bonds. The number of hydrogen-bond donors (Lipinski definition) is 1. The number of halogens is 1. The molecule has 0 fully saturated rings. The van der Waals surface area contributed by atoms with E-state index in [1.54, 1.807) is 6.21 Å². The van der Waals surface area contributed by atoms with Crippen molar-refractivity contribution >= 4 is 46.3 Å². The predicted molar refractivity (Wildman–Crippen MR) is 142 cm³/mol. The number of aromatic nitrogens is 3. The van der Waals surface area contributed by atoms with Crippen LogP contribution in [0.3, 0.4) is 0 Å². The third kappa shape index (κ3) is 5.26. The Morgan fingerprint density at radius 2 is 1.66 bits per heavy atom. The molecule has 35 heavy (non-hydrogen) atoms. The Balaban J connectivity index is 1.32. The van der Waals surface area contributed by atoms with Crippen LogP contribution in [0.1, 0.15) is 5.56 Å². The molecule has 0 radical (unpaired) electrons. The molecular weight excluding hydrogens is 478 g/mol. The van der Waals surface area contributed by atoms with Crippen molar-refractivity contribution in [2.75, 3.05) is 5.75 Å². The van der Waals surface area contributed by atoms with E-state index >= 15 is 0 Å². The standard InChI is InChI=1S/C27H20ClN5OS/c28-22-13-15-23(16-14-22)33-26(20-8-2-1-3-9-20)31-32-27(33)35-18-25(34)30-29-17-21-11-6-10-19-7-4-5-12-24(19)21/h1-17H,18H2,(H,30,34)/b29-17-. The number of thioether (sulfide) groups is 1. The second-order valence-corrected chi connectivity index (χ2v) is 9.01. The summed E-state index contributed by atoms with van der Waals surface area (Å²) in [4.78, 5) is 12.5. The Morgan fingerprint density at radius 1 is 0.914 bits per heavy atom. The van der Waals surface area contributed by atoms with Gasteiger partial charge in [0.2, 0.25) is 0 Å². The van der Waals surface area contributed by atoms with Gasteiger partial charge in [-0.2, -0.15) is 5.10 Å². The Labute approximate surface area is 211 Å². The first kappa shape index (κ1) is 22.8. The van der Waals surface area contributed by atoms with Gasteiger partial charge in [0.05, 0.1) is 12.0 Å². The maximum atomic E-state index is 12.5. The molecule has 0 unspecified atom stereocenters. The molecule has 4 aromatic carbocycles. The molecule has 5 rings (SSSR count). The van der Waals surface area contributed by atoms with Crippen LogP contribution in [0.2, 0.25) is 5.02 Å². The number of nitrogens with zero attached hydrogens (tertiary/aromatic N) is 4. The zero-order valence-corrected chi connectivity index (χ0v) is 20.1. The highest BCUT2D eigenvalue weighted by Crippen LogP contribution is 2.28. The summed E-state index contributed by atoms with van der Waals surface area (Å²) >= 11 is 7.37. The van der Waals surface area contributed by atoms with E-state index in [2.05, 4.69) is 20.7 Å². The summed E-state index contributed by atoms with van der Waals surface area (Å²) in [6.07, 6.45) is 1.66. The highest BCUT2D eigenvalue weighted by molar-refractivity contribution is 7.99. The van der Waals surface area contributed by atoms with Crippen molar-refractivity contribution in [2.24, 2.45) is 5.10 Å². The zero-order valence-electron chi connectivity index (χ0n) is 18.5. The monoisotopic (exact) mass is 497 g/mol. The fraction of sp³-hybridized carbons (Fsp3) is 0.0370. The average molecular weight is 498 g/mol. The molecule has 6 nitrogen and oxygen atoms in total. The van der Waals surface area contributed by atoms with Gasteiger partial charge in [0.25, 0.3) is 5.91 Å². The first-order valence-electron chi connectivity index (χ1n) is 10.9. The zero-order chi connectivity index (χ0) is 24.0. The van der Waals surface area contributed by atoms with Crippen molar-refractivity contribution in [2.45, 2.75) is 5.16 Å². The van der Waals surface area contributed by atoms with Crippen LogP contribution in [0.5, 0.6) is 0 Å². The van der Waals surface area contributed by atoms with Crippen molar-refractivity contribution in [3.05, 3.63) is 108 Å². The largest absolute Gasteiger partial charge is 0.272 e. The van der Waals surface area contributed by atoms with Crippen molar-refractivity contribution in [1.82, 2.24) is 20.2 Å². The van der Waals surface area contributed by atoms with E-state index in [0.717, 1.165) is 27.6 Å². The molecule has 0 saturated carbocycles. The first-order valence-corrected chi connectivity index (χ1v) is 12.2. The molecule has 1 N–H and O–H groups in total. The highest BCUT2D eigenvalue weighted by atomic mass is 35.5. The number of carbonyl (C=O) groups is 1. The number of rotatable bonds is 7. The third-order valence-electron chi connectivity index (χ3n) is 5.30. The van der Waals surface area contributed by atoms with Gasteiger partial charge in [-0.15, -0.1) is 10.2 Å². The number of nitrogens with one attached hydrogen (secondary N) is 1. The van der Waals surface area contributed by atoms with E-state index in [1.165, 1.54) is 11.8 Å². The van der Waals surface area contributed by atoms with Crippen molar-refractivity contribution in [3.8, 4) is 17.1 Å². The van der Waals surface area contributed by atoms with Gasteiger partial charge >= 0.3 is 0 Å². The summed E-state index contributed by atoms with van der Waals surface area (Å²) in [6, 6.07) is 31.2. The van der Waals surface area contributed by atoms with Crippen LogP contribution in [0.4, 0.5) is 0 Å². The predicted octanol–water partition coefficient (Wildman–Crippen LogP) is 5.98. The third-order valence-corrected chi connectivity index (χ3v) is 6.48. The molecular formula is C27H20ClN5OS. The number of hydrogen-bond acceptors (Lipinski definition) is 5. The number of fused-ring (bicyclic) bond motifs is 1. The molecule has 1 heterocycles. The van der Waals surface area contributed by atoms with Crippen LogP contribution >= 0.6 is 23.4 Å². The van der Waals surface area contributed by atoms with Crippen LogP contribution in [-0.4, -0.2) is 32.6 Å². The smallest absolute Gasteiger partial charge is 0.250 e. The van der Waals surface area contributed by atoms with Crippen molar-refractivity contribution in [1.29, 1.82) is 0 Å². The summed E-state index contributed by atoms with van der Waals surface area (Å²) < 4.78 is 1.92. The lowest BCUT2D eigenvalue weighted by Crippen LogP contribution is -2.20. The average Bonchev–Trinajstić information content (AvgIpc) is 3.32. The SMILES string of the molecule is O=C(CSc1nnc(-c2ccccc2)n1-c1ccc(Cl)cc1)N/N=C\c1cccc2ccccc12. The number of carbonyl (C=O) groups excluding carboxylic acids is 1. The highest BCUT2D eigenvalue weighted by Gasteiger charge is 2.17. The maximum Gasteiger partial charge on any atom is 0.250 e. The van der Waals surface area contributed by atoms with Crippen LogP contribution in [-0.2, 0) is 4.79 Å². The topological polar surface area (TPSA) is 72.2 Å². The Hall–Kier alpha value is -3.94. The molecule has 8 heteroatoms. The van der Waals surface area contributed by atoms with Gasteiger partial charge in [-0.3, -0.25) is 9.36 Å². The fourth-order valence-electron chi connectivity index (χ4n) is 3.66. The quantitative estimate of drug-likeness (QED) is 0.170. The summed E-state index contributed by atoms with van der Waals surface area (Å²) in [5.74, 6) is 0.580. The summed E-state index contributed by atoms with van der Waals surface area (Å²) in [7, 11) is 0. The fourth-order valence-corrected chi connectivity index (χ4v) is 4.53. The minimum Gasteiger partial charge on any atom is -0.272 e. The molecule has 172 valence electrons. The second-order valence-electron chi connectivity index (χ2n) is 7.63. The lowest BCUT2D eigenvalue weighted by molar-refractivity contribution is -0.118. The van der Waals surface area contributed by atoms with Gasteiger partial charge in [0.1, 0.15) is 0 Å². The Kier molecular flexibility index (Phi) is 6.88. The van der Waals surface area contributed by atoms with Crippen LogP contribution in [0.15, 0.2) is 107 Å². The molecule has 5 aromatic rings. The normalized spacial score (nSPS) is 11.2. The van der Waals surface area contributed by atoms with E-state index in [4.69, 9.17) is 11.6 Å². The summed E-state index contributed by atoms with van der Waals surface area (Å²) in [6.45, 7) is 0. The van der Waals surface area contributed by atoms with Crippen LogP contribution in [0.25, 0.3) is 27.8 Å². The van der Waals surface area contributed by atoms with E-state index in [1.807, 2.05) is 102 Å². The van der Waals surface area contributed by atoms with Gasteiger partial charge in [-0.25, -0.2) is 5.43 Å². The Morgan fingerprint density at radius 3 is 2.49 bits per heavy atom. The molecule has 0 bridgehead atoms. The lowest BCUT2D eigenvalue weighted by Gasteiger charge is -2.10. The minimum atomic E-state index is -0.238. The molecule has 0 aliphatic heterocycles. The molecule has 0 aliphatic rings. The lowest BCUT2D eigenvalue weighted by atomic mass is 10.1. The number of amides is 1. The van der Waals surface area contributed by atoms with Crippen LogP contribution in [0, 0.1) is 0 Å². The first-order chi connectivity index (χ1) is 17.2. The molecule has 0 saturated heterocycles. The Bertz CT molecular complexity index is 1490. The van der Waals surface area contributed by atoms with E-state index in [9.17, 15) is 4.79 Å². The minimum absolute atomic E-state index is 0.132. The summed E-state index contributed by atoms with van der Waals surface area (Å²) in [5, 5.41) is 16.3. The van der Waals surface area contributed by atoms with Gasteiger partial charge in [0.15, 0.2) is 11.0 Å². The van der Waals surface area contributed by atoms with E-state index in [0.29, 0.717) is 16.0 Å². The van der Waals surface area contributed by atoms with Gasteiger partial charge in [-0.1, -0.05) is 96.2 Å². The summed E-state index contributed by atoms with van der Waals surface area (Å²) in [5.41, 5.74) is 5.32. The molecule has 1 aromatic heterocycles. The number of hydrazone groups is 1. The maximum absolute atomic E-state index is 12.5. The van der Waals surface area contributed by atoms with Gasteiger partial charge in [-0.05, 0) is 35.0 Å². The van der Waals surface area contributed by atoms with Gasteiger partial charge in [0, 0.05) is 21.8 Å².